The lowest BCUT2D eigenvalue weighted by atomic mass is 9.90. The van der Waals surface area contributed by atoms with Gasteiger partial charge in [-0.25, -0.2) is 0 Å². The second-order valence-corrected chi connectivity index (χ2v) is 11.3. The highest BCUT2D eigenvalue weighted by atomic mass is 16.5. The third kappa shape index (κ3) is 4.66. The molecule has 0 bridgehead atoms. The van der Waals surface area contributed by atoms with E-state index in [9.17, 15) is 5.11 Å². The molecule has 44 heavy (non-hydrogen) atoms. The molecule has 0 radical (unpaired) electrons. The normalized spacial score (nSPS) is 11.5. The summed E-state index contributed by atoms with van der Waals surface area (Å²) in [5.41, 5.74) is 6.93. The van der Waals surface area contributed by atoms with Crippen LogP contribution in [0.15, 0.2) is 152 Å². The highest BCUT2D eigenvalue weighted by Crippen LogP contribution is 2.42. The van der Waals surface area contributed by atoms with Crippen molar-refractivity contribution in [2.75, 3.05) is 13.2 Å². The molecular weight excluding hydrogens is 536 g/mol. The van der Waals surface area contributed by atoms with Gasteiger partial charge < -0.3 is 9.84 Å². The summed E-state index contributed by atoms with van der Waals surface area (Å²) >= 11 is 0. The van der Waals surface area contributed by atoms with Crippen molar-refractivity contribution < 1.29 is 9.84 Å². The van der Waals surface area contributed by atoms with Crippen LogP contribution in [0.1, 0.15) is 0 Å². The van der Waals surface area contributed by atoms with E-state index in [4.69, 9.17) is 4.74 Å². The number of ether oxygens (including phenoxy) is 1. The van der Waals surface area contributed by atoms with Crippen LogP contribution in [0.2, 0.25) is 0 Å². The molecule has 8 rings (SSSR count). The molecule has 0 aromatic heterocycles. The Morgan fingerprint density at radius 1 is 0.409 bits per heavy atom. The fourth-order valence-corrected chi connectivity index (χ4v) is 6.46. The lowest BCUT2D eigenvalue weighted by molar-refractivity contribution is 0.202. The number of hydrogen-bond acceptors (Lipinski definition) is 2. The van der Waals surface area contributed by atoms with Gasteiger partial charge in [0, 0.05) is 5.56 Å². The average Bonchev–Trinajstić information content (AvgIpc) is 3.09. The summed E-state index contributed by atoms with van der Waals surface area (Å²) in [5, 5.41) is 19.2. The first kappa shape index (κ1) is 26.2. The Labute approximate surface area is 256 Å². The van der Waals surface area contributed by atoms with Gasteiger partial charge in [-0.05, 0) is 101 Å². The van der Waals surface area contributed by atoms with Crippen LogP contribution in [-0.4, -0.2) is 18.3 Å². The Morgan fingerprint density at radius 3 is 1.50 bits per heavy atom. The van der Waals surface area contributed by atoms with E-state index in [0.717, 1.165) is 33.0 Å². The molecule has 0 spiro atoms. The molecule has 210 valence electrons. The van der Waals surface area contributed by atoms with Crippen molar-refractivity contribution in [2.24, 2.45) is 0 Å². The van der Waals surface area contributed by atoms with Crippen LogP contribution in [-0.2, 0) is 0 Å². The van der Waals surface area contributed by atoms with Crippen LogP contribution in [0.3, 0.4) is 0 Å². The molecule has 0 saturated carbocycles. The number of fused-ring (bicyclic) bond motifs is 4. The van der Waals surface area contributed by atoms with Crippen LogP contribution in [0, 0.1) is 0 Å². The molecule has 0 saturated heterocycles. The molecule has 0 aliphatic heterocycles. The maximum atomic E-state index is 9.59. The highest BCUT2D eigenvalue weighted by Gasteiger charge is 2.16. The van der Waals surface area contributed by atoms with Gasteiger partial charge in [0.15, 0.2) is 0 Å². The van der Waals surface area contributed by atoms with Gasteiger partial charge in [0.2, 0.25) is 0 Å². The molecule has 0 aliphatic carbocycles. The lowest BCUT2D eigenvalue weighted by Gasteiger charge is -2.17. The predicted octanol–water partition coefficient (Wildman–Crippen LogP) is 10.7. The predicted molar refractivity (Wildman–Crippen MR) is 185 cm³/mol. The van der Waals surface area contributed by atoms with E-state index >= 15 is 0 Å². The van der Waals surface area contributed by atoms with E-state index in [-0.39, 0.29) is 13.2 Å². The Balaban J connectivity index is 1.27. The molecule has 0 heterocycles. The fraction of sp³-hybridized carbons (Fsp3) is 0.0476. The highest BCUT2D eigenvalue weighted by molar-refractivity contribution is 6.09. The summed E-state index contributed by atoms with van der Waals surface area (Å²) in [4.78, 5) is 0. The van der Waals surface area contributed by atoms with Crippen LogP contribution < -0.4 is 4.74 Å². The number of rotatable bonds is 6. The second-order valence-electron chi connectivity index (χ2n) is 11.3. The second kappa shape index (κ2) is 11.0. The first-order valence-electron chi connectivity index (χ1n) is 15.1. The van der Waals surface area contributed by atoms with Crippen molar-refractivity contribution in [1.82, 2.24) is 0 Å². The molecule has 0 aliphatic rings. The number of aliphatic hydroxyl groups is 1. The average molecular weight is 567 g/mol. The van der Waals surface area contributed by atoms with Crippen LogP contribution in [0.25, 0.3) is 76.5 Å². The van der Waals surface area contributed by atoms with Crippen molar-refractivity contribution in [3.63, 3.8) is 0 Å². The number of hydrogen-bond donors (Lipinski definition) is 1. The molecule has 8 aromatic rings. The van der Waals surface area contributed by atoms with E-state index in [1.165, 1.54) is 49.2 Å². The van der Waals surface area contributed by atoms with Crippen molar-refractivity contribution in [3.05, 3.63) is 152 Å². The van der Waals surface area contributed by atoms with Crippen molar-refractivity contribution in [1.29, 1.82) is 0 Å². The van der Waals surface area contributed by atoms with E-state index in [1.54, 1.807) is 0 Å². The standard InChI is InChI=1S/C42H30O2/c43-22-23-44-41-21-18-37-27-35(33-15-13-29-7-2-4-9-31(29)25-33)17-20-39(37)42(41)40-11-5-10-36-26-34(16-19-38(36)40)32-14-12-28-6-1-3-8-30(28)24-32/h1-21,24-27,43H,22-23H2. The van der Waals surface area contributed by atoms with Gasteiger partial charge in [-0.2, -0.15) is 0 Å². The quantitative estimate of drug-likeness (QED) is 0.217. The molecule has 8 aromatic carbocycles. The van der Waals surface area contributed by atoms with Gasteiger partial charge in [0.1, 0.15) is 12.4 Å². The molecular formula is C42H30O2. The van der Waals surface area contributed by atoms with Gasteiger partial charge in [-0.15, -0.1) is 0 Å². The first-order valence-corrected chi connectivity index (χ1v) is 15.1. The van der Waals surface area contributed by atoms with E-state index in [1.807, 2.05) is 6.07 Å². The monoisotopic (exact) mass is 566 g/mol. The summed E-state index contributed by atoms with van der Waals surface area (Å²) in [5.74, 6) is 0.774. The summed E-state index contributed by atoms with van der Waals surface area (Å²) < 4.78 is 6.14. The summed E-state index contributed by atoms with van der Waals surface area (Å²) in [6, 6.07) is 54.3. The minimum absolute atomic E-state index is 0.0387. The van der Waals surface area contributed by atoms with Gasteiger partial charge in [-0.3, -0.25) is 0 Å². The molecule has 1 N–H and O–H groups in total. The zero-order chi connectivity index (χ0) is 29.5. The van der Waals surface area contributed by atoms with Crippen molar-refractivity contribution >= 4 is 43.1 Å². The van der Waals surface area contributed by atoms with E-state index in [0.29, 0.717) is 0 Å². The maximum Gasteiger partial charge on any atom is 0.127 e. The van der Waals surface area contributed by atoms with Gasteiger partial charge >= 0.3 is 0 Å². The van der Waals surface area contributed by atoms with Crippen LogP contribution >= 0.6 is 0 Å². The zero-order valence-electron chi connectivity index (χ0n) is 24.2. The molecule has 0 unspecified atom stereocenters. The Hall–Kier alpha value is -5.44. The lowest BCUT2D eigenvalue weighted by Crippen LogP contribution is -2.03. The fourth-order valence-electron chi connectivity index (χ4n) is 6.46. The number of benzene rings is 8. The van der Waals surface area contributed by atoms with E-state index < -0.39 is 0 Å². The molecule has 2 nitrogen and oxygen atoms in total. The Kier molecular flexibility index (Phi) is 6.55. The summed E-state index contributed by atoms with van der Waals surface area (Å²) in [7, 11) is 0. The largest absolute Gasteiger partial charge is 0.491 e. The minimum atomic E-state index is -0.0387. The third-order valence-electron chi connectivity index (χ3n) is 8.65. The van der Waals surface area contributed by atoms with Crippen molar-refractivity contribution in [2.45, 2.75) is 0 Å². The SMILES string of the molecule is OCCOc1ccc2cc(-c3ccc4ccccc4c3)ccc2c1-c1cccc2cc(-c3ccc4ccccc4c3)ccc12. The van der Waals surface area contributed by atoms with E-state index in [2.05, 4.69) is 146 Å². The summed E-state index contributed by atoms with van der Waals surface area (Å²) in [6.45, 7) is 0.202. The third-order valence-corrected chi connectivity index (χ3v) is 8.65. The van der Waals surface area contributed by atoms with Gasteiger partial charge in [-0.1, -0.05) is 121 Å². The molecule has 2 heteroatoms. The smallest absolute Gasteiger partial charge is 0.127 e. The van der Waals surface area contributed by atoms with Crippen molar-refractivity contribution in [3.8, 4) is 39.1 Å². The van der Waals surface area contributed by atoms with Gasteiger partial charge in [0.25, 0.3) is 0 Å². The van der Waals surface area contributed by atoms with Crippen LogP contribution in [0.5, 0.6) is 5.75 Å². The number of aliphatic hydroxyl groups excluding tert-OH is 1. The topological polar surface area (TPSA) is 29.5 Å². The van der Waals surface area contributed by atoms with Crippen LogP contribution in [0.4, 0.5) is 0 Å². The molecule has 0 fully saturated rings. The first-order chi connectivity index (χ1) is 21.7. The zero-order valence-corrected chi connectivity index (χ0v) is 24.2. The Morgan fingerprint density at radius 2 is 0.886 bits per heavy atom. The maximum absolute atomic E-state index is 9.59. The Bertz CT molecular complexity index is 2330. The molecule has 0 atom stereocenters. The van der Waals surface area contributed by atoms with Gasteiger partial charge in [0.05, 0.1) is 6.61 Å². The summed E-state index contributed by atoms with van der Waals surface area (Å²) in [6.07, 6.45) is 0. The minimum Gasteiger partial charge on any atom is -0.491 e. The molecule has 0 amide bonds.